The number of aromatic nitrogens is 2. The van der Waals surface area contributed by atoms with Crippen LogP contribution in [0.5, 0.6) is 17.2 Å². The number of amides is 1. The van der Waals surface area contributed by atoms with E-state index >= 15 is 0 Å². The third kappa shape index (κ3) is 6.96. The van der Waals surface area contributed by atoms with Crippen LogP contribution in [0, 0.1) is 0 Å². The van der Waals surface area contributed by atoms with Gasteiger partial charge in [-0.1, -0.05) is 0 Å². The first-order valence-corrected chi connectivity index (χ1v) is 12.4. The van der Waals surface area contributed by atoms with Gasteiger partial charge in [-0.3, -0.25) is 10.1 Å². The van der Waals surface area contributed by atoms with Crippen LogP contribution in [-0.2, 0) is 21.2 Å². The predicted molar refractivity (Wildman–Crippen MR) is 122 cm³/mol. The van der Waals surface area contributed by atoms with E-state index in [9.17, 15) is 13.2 Å². The largest absolute Gasteiger partial charge is 0.488 e. The standard InChI is InChI=1S/C21H23N3O7S2/c1-13(12-29-2)30-16-8-14(20(26)23-21-22-19(11-25)24-32-21)9-17(10-16)31-15-4-6-18(7-5-15)33(3,27)28/h4-10,13,25H,11-12H2,1-3H3,(H,22,23,24,26)/t13-/m0/s1. The highest BCUT2D eigenvalue weighted by Gasteiger charge is 2.15. The topological polar surface area (TPSA) is 137 Å². The number of aliphatic hydroxyl groups excluding tert-OH is 1. The minimum Gasteiger partial charge on any atom is -0.488 e. The third-order valence-electron chi connectivity index (χ3n) is 4.20. The number of anilines is 1. The van der Waals surface area contributed by atoms with E-state index < -0.39 is 15.7 Å². The van der Waals surface area contributed by atoms with Crippen molar-refractivity contribution in [2.75, 3.05) is 25.3 Å². The fourth-order valence-electron chi connectivity index (χ4n) is 2.76. The monoisotopic (exact) mass is 493 g/mol. The van der Waals surface area contributed by atoms with E-state index in [1.807, 2.05) is 6.92 Å². The summed E-state index contributed by atoms with van der Waals surface area (Å²) in [5, 5.41) is 12.0. The van der Waals surface area contributed by atoms with Gasteiger partial charge in [-0.05, 0) is 43.3 Å². The lowest BCUT2D eigenvalue weighted by Crippen LogP contribution is -2.18. The molecule has 0 bridgehead atoms. The van der Waals surface area contributed by atoms with Crippen LogP contribution in [0.1, 0.15) is 23.1 Å². The smallest absolute Gasteiger partial charge is 0.257 e. The summed E-state index contributed by atoms with van der Waals surface area (Å²) in [5.74, 6) is 0.804. The Bertz CT molecular complexity index is 1210. The number of hydrogen-bond acceptors (Lipinski definition) is 10. The van der Waals surface area contributed by atoms with Gasteiger partial charge in [0.2, 0.25) is 5.13 Å². The Morgan fingerprint density at radius 1 is 1.15 bits per heavy atom. The SMILES string of the molecule is COC[C@H](C)Oc1cc(Oc2ccc(S(C)(=O)=O)cc2)cc(C(=O)Nc2nc(CO)ns2)c1. The Morgan fingerprint density at radius 3 is 2.45 bits per heavy atom. The summed E-state index contributed by atoms with van der Waals surface area (Å²) >= 11 is 0.947. The average molecular weight is 494 g/mol. The van der Waals surface area contributed by atoms with E-state index in [0.717, 1.165) is 17.8 Å². The van der Waals surface area contributed by atoms with Crippen LogP contribution in [0.15, 0.2) is 47.4 Å². The molecule has 3 aromatic rings. The molecule has 1 amide bonds. The van der Waals surface area contributed by atoms with Crippen molar-refractivity contribution in [1.82, 2.24) is 9.36 Å². The highest BCUT2D eigenvalue weighted by Crippen LogP contribution is 2.29. The van der Waals surface area contributed by atoms with Crippen LogP contribution in [-0.4, -0.2) is 54.9 Å². The maximum absolute atomic E-state index is 12.8. The molecule has 3 rings (SSSR count). The zero-order valence-electron chi connectivity index (χ0n) is 18.1. The number of carbonyl (C=O) groups excluding carboxylic acids is 1. The number of ether oxygens (including phenoxy) is 3. The van der Waals surface area contributed by atoms with Gasteiger partial charge in [0, 0.05) is 36.5 Å². The van der Waals surface area contributed by atoms with E-state index in [1.54, 1.807) is 19.2 Å². The molecule has 0 aliphatic rings. The van der Waals surface area contributed by atoms with E-state index in [2.05, 4.69) is 14.7 Å². The quantitative estimate of drug-likeness (QED) is 0.437. The van der Waals surface area contributed by atoms with Crippen molar-refractivity contribution >= 4 is 32.4 Å². The van der Waals surface area contributed by atoms with Crippen molar-refractivity contribution in [3.63, 3.8) is 0 Å². The predicted octanol–water partition coefficient (Wildman–Crippen LogP) is 2.89. The molecular weight excluding hydrogens is 470 g/mol. The van der Waals surface area contributed by atoms with E-state index in [1.165, 1.54) is 30.3 Å². The fraction of sp³-hybridized carbons (Fsp3) is 0.286. The zero-order chi connectivity index (χ0) is 24.0. The molecule has 1 aromatic heterocycles. The fourth-order valence-corrected chi connectivity index (χ4v) is 3.97. The highest BCUT2D eigenvalue weighted by atomic mass is 32.2. The van der Waals surface area contributed by atoms with Crippen LogP contribution in [0.2, 0.25) is 0 Å². The molecule has 0 spiro atoms. The zero-order valence-corrected chi connectivity index (χ0v) is 19.8. The maximum Gasteiger partial charge on any atom is 0.257 e. The molecule has 0 unspecified atom stereocenters. The molecule has 12 heteroatoms. The van der Waals surface area contributed by atoms with Crippen molar-refractivity contribution in [2.45, 2.75) is 24.5 Å². The molecule has 0 fully saturated rings. The van der Waals surface area contributed by atoms with Crippen LogP contribution < -0.4 is 14.8 Å². The molecule has 1 atom stereocenters. The Morgan fingerprint density at radius 2 is 1.85 bits per heavy atom. The number of benzene rings is 2. The minimum absolute atomic E-state index is 0.166. The lowest BCUT2D eigenvalue weighted by atomic mass is 10.2. The van der Waals surface area contributed by atoms with Crippen molar-refractivity contribution in [1.29, 1.82) is 0 Å². The molecule has 2 N–H and O–H groups in total. The Hall–Kier alpha value is -3.06. The first-order valence-electron chi connectivity index (χ1n) is 9.71. The Labute approximate surface area is 195 Å². The first kappa shape index (κ1) is 24.6. The van der Waals surface area contributed by atoms with Gasteiger partial charge in [0.05, 0.1) is 11.5 Å². The second-order valence-electron chi connectivity index (χ2n) is 7.05. The average Bonchev–Trinajstić information content (AvgIpc) is 3.21. The molecule has 33 heavy (non-hydrogen) atoms. The molecule has 0 aliphatic heterocycles. The molecule has 0 aliphatic carbocycles. The summed E-state index contributed by atoms with van der Waals surface area (Å²) in [7, 11) is -1.78. The number of carbonyl (C=O) groups is 1. The molecule has 10 nitrogen and oxygen atoms in total. The van der Waals surface area contributed by atoms with Crippen LogP contribution in [0.4, 0.5) is 5.13 Å². The summed E-state index contributed by atoms with van der Waals surface area (Å²) in [6.45, 7) is 1.83. The summed E-state index contributed by atoms with van der Waals surface area (Å²) < 4.78 is 44.0. The van der Waals surface area contributed by atoms with E-state index in [-0.39, 0.29) is 34.1 Å². The lowest BCUT2D eigenvalue weighted by Gasteiger charge is -2.16. The molecule has 2 aromatic carbocycles. The second kappa shape index (κ2) is 10.7. The van der Waals surface area contributed by atoms with Crippen LogP contribution in [0.3, 0.4) is 0 Å². The van der Waals surface area contributed by atoms with Gasteiger partial charge in [0.25, 0.3) is 5.91 Å². The molecule has 0 saturated carbocycles. The van der Waals surface area contributed by atoms with Crippen molar-refractivity contribution in [2.24, 2.45) is 0 Å². The minimum atomic E-state index is -3.33. The van der Waals surface area contributed by atoms with Gasteiger partial charge < -0.3 is 19.3 Å². The normalized spacial score (nSPS) is 12.2. The number of hydrogen-bond donors (Lipinski definition) is 2. The number of aliphatic hydroxyl groups is 1. The highest BCUT2D eigenvalue weighted by molar-refractivity contribution is 7.90. The first-order chi connectivity index (χ1) is 15.7. The Balaban J connectivity index is 1.87. The third-order valence-corrected chi connectivity index (χ3v) is 6.00. The summed E-state index contributed by atoms with van der Waals surface area (Å²) in [4.78, 5) is 17.0. The lowest BCUT2D eigenvalue weighted by molar-refractivity contribution is 0.0916. The van der Waals surface area contributed by atoms with Gasteiger partial charge in [-0.2, -0.15) is 4.37 Å². The molecule has 176 valence electrons. The molecule has 0 saturated heterocycles. The number of methoxy groups -OCH3 is 1. The summed E-state index contributed by atoms with van der Waals surface area (Å²) in [5.41, 5.74) is 0.237. The number of nitrogens with one attached hydrogen (secondary N) is 1. The van der Waals surface area contributed by atoms with Crippen LogP contribution >= 0.6 is 11.5 Å². The maximum atomic E-state index is 12.8. The Kier molecular flexibility index (Phi) is 7.97. The van der Waals surface area contributed by atoms with Gasteiger partial charge in [0.1, 0.15) is 30.0 Å². The number of rotatable bonds is 10. The van der Waals surface area contributed by atoms with E-state index in [0.29, 0.717) is 23.9 Å². The van der Waals surface area contributed by atoms with Gasteiger partial charge in [-0.25, -0.2) is 13.4 Å². The summed E-state index contributed by atoms with van der Waals surface area (Å²) in [6, 6.07) is 10.6. The van der Waals surface area contributed by atoms with Gasteiger partial charge in [-0.15, -0.1) is 0 Å². The van der Waals surface area contributed by atoms with Gasteiger partial charge >= 0.3 is 0 Å². The van der Waals surface area contributed by atoms with E-state index in [4.69, 9.17) is 19.3 Å². The molecule has 1 heterocycles. The summed E-state index contributed by atoms with van der Waals surface area (Å²) in [6.07, 6.45) is 0.836. The van der Waals surface area contributed by atoms with Crippen molar-refractivity contribution in [3.05, 3.63) is 53.9 Å². The second-order valence-corrected chi connectivity index (χ2v) is 9.82. The van der Waals surface area contributed by atoms with Gasteiger partial charge in [0.15, 0.2) is 15.7 Å². The molecule has 0 radical (unpaired) electrons. The van der Waals surface area contributed by atoms with Crippen LogP contribution in [0.25, 0.3) is 0 Å². The number of sulfone groups is 1. The molecular formula is C21H23N3O7S2. The van der Waals surface area contributed by atoms with Crippen molar-refractivity contribution in [3.8, 4) is 17.2 Å². The number of nitrogens with zero attached hydrogens (tertiary/aromatic N) is 2. The van der Waals surface area contributed by atoms with Crippen molar-refractivity contribution < 1.29 is 32.5 Å².